The number of aliphatic hydroxyl groups is 2. The summed E-state index contributed by atoms with van der Waals surface area (Å²) in [6.07, 6.45) is 3.09. The Bertz CT molecular complexity index is 353. The number of hydrogen-bond acceptors (Lipinski definition) is 4. The maximum absolute atomic E-state index is 11.6. The fourth-order valence-electron chi connectivity index (χ4n) is 1.59. The van der Waals surface area contributed by atoms with Crippen LogP contribution in [0.25, 0.3) is 0 Å². The SMILES string of the molecule is CC1=CN(C2C=CC(CO)O2)C(=O)N[C@H]1O. The highest BCUT2D eigenvalue weighted by Crippen LogP contribution is 2.19. The van der Waals surface area contributed by atoms with Crippen LogP contribution in [0, 0.1) is 0 Å². The van der Waals surface area contributed by atoms with E-state index < -0.39 is 18.5 Å². The minimum Gasteiger partial charge on any atom is -0.393 e. The second kappa shape index (κ2) is 4.25. The van der Waals surface area contributed by atoms with Gasteiger partial charge in [0.25, 0.3) is 0 Å². The van der Waals surface area contributed by atoms with E-state index in [-0.39, 0.29) is 12.7 Å². The van der Waals surface area contributed by atoms with Gasteiger partial charge in [0.05, 0.1) is 6.61 Å². The van der Waals surface area contributed by atoms with Crippen molar-refractivity contribution in [3.63, 3.8) is 0 Å². The fourth-order valence-corrected chi connectivity index (χ4v) is 1.59. The van der Waals surface area contributed by atoms with Crippen molar-refractivity contribution in [1.82, 2.24) is 10.2 Å². The molecule has 16 heavy (non-hydrogen) atoms. The van der Waals surface area contributed by atoms with Crippen molar-refractivity contribution >= 4 is 6.03 Å². The number of urea groups is 1. The molecule has 2 rings (SSSR count). The lowest BCUT2D eigenvalue weighted by Crippen LogP contribution is -2.51. The summed E-state index contributed by atoms with van der Waals surface area (Å²) >= 11 is 0. The third kappa shape index (κ3) is 1.95. The van der Waals surface area contributed by atoms with E-state index in [4.69, 9.17) is 9.84 Å². The number of carbonyl (C=O) groups is 1. The van der Waals surface area contributed by atoms with Crippen LogP contribution in [-0.2, 0) is 4.74 Å². The highest BCUT2D eigenvalue weighted by molar-refractivity contribution is 5.77. The van der Waals surface area contributed by atoms with Gasteiger partial charge in [0, 0.05) is 6.20 Å². The van der Waals surface area contributed by atoms with Gasteiger partial charge in [-0.2, -0.15) is 0 Å². The monoisotopic (exact) mass is 226 g/mol. The summed E-state index contributed by atoms with van der Waals surface area (Å²) in [5.41, 5.74) is 0.629. The van der Waals surface area contributed by atoms with Crippen molar-refractivity contribution in [3.05, 3.63) is 23.9 Å². The number of ether oxygens (including phenoxy) is 1. The van der Waals surface area contributed by atoms with Crippen molar-refractivity contribution in [2.75, 3.05) is 6.61 Å². The minimum absolute atomic E-state index is 0.117. The van der Waals surface area contributed by atoms with E-state index in [1.807, 2.05) is 0 Å². The first-order chi connectivity index (χ1) is 7.61. The van der Waals surface area contributed by atoms with Crippen LogP contribution in [0.5, 0.6) is 0 Å². The molecule has 0 spiro atoms. The van der Waals surface area contributed by atoms with Gasteiger partial charge in [-0.3, -0.25) is 4.90 Å². The number of carbonyl (C=O) groups excluding carboxylic acids is 1. The van der Waals surface area contributed by atoms with Gasteiger partial charge in [-0.05, 0) is 18.6 Å². The van der Waals surface area contributed by atoms with Crippen LogP contribution >= 0.6 is 0 Å². The highest BCUT2D eigenvalue weighted by atomic mass is 16.5. The van der Waals surface area contributed by atoms with Crippen LogP contribution in [0.3, 0.4) is 0 Å². The largest absolute Gasteiger partial charge is 0.393 e. The van der Waals surface area contributed by atoms with Crippen molar-refractivity contribution in [1.29, 1.82) is 0 Å². The molecule has 0 radical (unpaired) electrons. The van der Waals surface area contributed by atoms with E-state index in [1.165, 1.54) is 11.1 Å². The zero-order valence-corrected chi connectivity index (χ0v) is 8.83. The highest BCUT2D eigenvalue weighted by Gasteiger charge is 2.31. The van der Waals surface area contributed by atoms with Crippen LogP contribution < -0.4 is 5.32 Å². The van der Waals surface area contributed by atoms with Gasteiger partial charge in [-0.1, -0.05) is 6.08 Å². The first-order valence-electron chi connectivity index (χ1n) is 5.01. The molecular formula is C10H14N2O4. The van der Waals surface area contributed by atoms with Gasteiger partial charge in [-0.15, -0.1) is 0 Å². The average molecular weight is 226 g/mol. The molecule has 0 aromatic heterocycles. The van der Waals surface area contributed by atoms with E-state index in [2.05, 4.69) is 5.32 Å². The summed E-state index contributed by atoms with van der Waals surface area (Å²) in [6.45, 7) is 1.59. The van der Waals surface area contributed by atoms with Crippen LogP contribution in [-0.4, -0.2) is 46.3 Å². The summed E-state index contributed by atoms with van der Waals surface area (Å²) in [5, 5.41) is 20.7. The van der Waals surface area contributed by atoms with Crippen LogP contribution in [0.4, 0.5) is 4.79 Å². The van der Waals surface area contributed by atoms with Gasteiger partial charge in [0.15, 0.2) is 12.5 Å². The Morgan fingerprint density at radius 1 is 1.56 bits per heavy atom. The lowest BCUT2D eigenvalue weighted by Gasteiger charge is -2.31. The number of aliphatic hydroxyl groups excluding tert-OH is 2. The molecule has 2 heterocycles. The van der Waals surface area contributed by atoms with Gasteiger partial charge >= 0.3 is 6.03 Å². The number of nitrogens with zero attached hydrogens (tertiary/aromatic N) is 1. The molecule has 6 heteroatoms. The normalized spacial score (nSPS) is 33.9. The number of amides is 2. The number of nitrogens with one attached hydrogen (secondary N) is 1. The van der Waals surface area contributed by atoms with Gasteiger partial charge < -0.3 is 20.3 Å². The fraction of sp³-hybridized carbons (Fsp3) is 0.500. The first kappa shape index (κ1) is 11.1. The summed E-state index contributed by atoms with van der Waals surface area (Å²) in [7, 11) is 0. The average Bonchev–Trinajstić information content (AvgIpc) is 2.71. The molecule has 0 saturated carbocycles. The molecule has 3 atom stereocenters. The molecule has 3 N–H and O–H groups in total. The lowest BCUT2D eigenvalue weighted by molar-refractivity contribution is -0.0269. The molecule has 2 unspecified atom stereocenters. The van der Waals surface area contributed by atoms with Crippen molar-refractivity contribution in [3.8, 4) is 0 Å². The van der Waals surface area contributed by atoms with Gasteiger partial charge in [-0.25, -0.2) is 4.79 Å². The molecule has 6 nitrogen and oxygen atoms in total. The Hall–Kier alpha value is -1.37. The molecule has 0 fully saturated rings. The van der Waals surface area contributed by atoms with E-state index in [9.17, 15) is 9.90 Å². The molecular weight excluding hydrogens is 212 g/mol. The summed E-state index contributed by atoms with van der Waals surface area (Å²) in [4.78, 5) is 12.9. The topological polar surface area (TPSA) is 82.0 Å². The first-order valence-corrected chi connectivity index (χ1v) is 5.01. The standard InChI is InChI=1S/C10H14N2O4/c1-6-4-12(10(15)11-9(6)14)8-3-2-7(5-13)16-8/h2-4,7-9,13-14H,5H2,1H3,(H,11,15)/t7?,8?,9-/m0/s1. The van der Waals surface area contributed by atoms with Gasteiger partial charge in [0.2, 0.25) is 0 Å². The lowest BCUT2D eigenvalue weighted by atomic mass is 10.2. The molecule has 0 saturated heterocycles. The zero-order valence-electron chi connectivity index (χ0n) is 8.83. The van der Waals surface area contributed by atoms with Crippen LogP contribution in [0.1, 0.15) is 6.92 Å². The Morgan fingerprint density at radius 3 is 2.94 bits per heavy atom. The smallest absolute Gasteiger partial charge is 0.326 e. The van der Waals surface area contributed by atoms with Crippen LogP contribution in [0.2, 0.25) is 0 Å². The van der Waals surface area contributed by atoms with E-state index in [0.717, 1.165) is 0 Å². The Morgan fingerprint density at radius 2 is 2.31 bits per heavy atom. The van der Waals surface area contributed by atoms with Crippen molar-refractivity contribution in [2.45, 2.75) is 25.5 Å². The third-order valence-corrected chi connectivity index (χ3v) is 2.53. The molecule has 0 bridgehead atoms. The predicted molar refractivity (Wildman–Crippen MR) is 55.0 cm³/mol. The summed E-state index contributed by atoms with van der Waals surface area (Å²) < 4.78 is 5.38. The van der Waals surface area contributed by atoms with Crippen LogP contribution in [0.15, 0.2) is 23.9 Å². The molecule has 0 aliphatic carbocycles. The van der Waals surface area contributed by atoms with E-state index in [0.29, 0.717) is 5.57 Å². The third-order valence-electron chi connectivity index (χ3n) is 2.53. The summed E-state index contributed by atoms with van der Waals surface area (Å²) in [6, 6.07) is -0.425. The number of rotatable bonds is 2. The Balaban J connectivity index is 2.11. The van der Waals surface area contributed by atoms with E-state index in [1.54, 1.807) is 19.1 Å². The summed E-state index contributed by atoms with van der Waals surface area (Å²) in [5.74, 6) is 0. The quantitative estimate of drug-likeness (QED) is 0.555. The van der Waals surface area contributed by atoms with Crippen molar-refractivity contribution in [2.24, 2.45) is 0 Å². The molecule has 0 aromatic rings. The molecule has 2 aliphatic heterocycles. The number of hydrogen-bond donors (Lipinski definition) is 3. The minimum atomic E-state index is -0.942. The molecule has 88 valence electrons. The molecule has 2 amide bonds. The van der Waals surface area contributed by atoms with E-state index >= 15 is 0 Å². The Kier molecular flexibility index (Phi) is 2.95. The molecule has 0 aromatic carbocycles. The predicted octanol–water partition coefficient (Wildman–Crippen LogP) is -0.493. The second-order valence-electron chi connectivity index (χ2n) is 3.76. The van der Waals surface area contributed by atoms with Gasteiger partial charge in [0.1, 0.15) is 6.10 Å². The maximum Gasteiger partial charge on any atom is 0.326 e. The molecule has 2 aliphatic rings. The Labute approximate surface area is 92.8 Å². The van der Waals surface area contributed by atoms with Crippen molar-refractivity contribution < 1.29 is 19.7 Å². The zero-order chi connectivity index (χ0) is 11.7. The maximum atomic E-state index is 11.6. The second-order valence-corrected chi connectivity index (χ2v) is 3.76.